The Morgan fingerprint density at radius 3 is 2.59 bits per heavy atom. The Bertz CT molecular complexity index is 227. The Morgan fingerprint density at radius 2 is 2.06 bits per heavy atom. The molecule has 0 heterocycles. The van der Waals surface area contributed by atoms with Crippen molar-refractivity contribution in [3.8, 4) is 0 Å². The lowest BCUT2D eigenvalue weighted by molar-refractivity contribution is -0.126. The first-order valence-electron chi connectivity index (χ1n) is 6.64. The minimum Gasteiger partial charge on any atom is -0.356 e. The zero-order valence-electron chi connectivity index (χ0n) is 11.1. The molecule has 1 atom stereocenters. The van der Waals surface area contributed by atoms with Gasteiger partial charge in [-0.1, -0.05) is 6.92 Å². The average Bonchev–Trinajstić information content (AvgIpc) is 2.36. The van der Waals surface area contributed by atoms with E-state index in [2.05, 4.69) is 18.5 Å². The molecule has 1 fully saturated rings. The fourth-order valence-corrected chi connectivity index (χ4v) is 3.11. The molecule has 0 aromatic rings. The Balaban J connectivity index is 2.20. The highest BCUT2D eigenvalue weighted by Gasteiger charge is 2.25. The van der Waals surface area contributed by atoms with Crippen LogP contribution in [0.15, 0.2) is 0 Å². The van der Waals surface area contributed by atoms with Crippen molar-refractivity contribution < 1.29 is 4.79 Å². The van der Waals surface area contributed by atoms with Crippen LogP contribution in [0.4, 0.5) is 0 Å². The van der Waals surface area contributed by atoms with Gasteiger partial charge in [0.15, 0.2) is 0 Å². The SMILES string of the molecule is CSCC(C)CNC(=O)C1CCC(CN)CC1. The highest BCUT2D eigenvalue weighted by atomic mass is 32.2. The quantitative estimate of drug-likeness (QED) is 0.764. The summed E-state index contributed by atoms with van der Waals surface area (Å²) in [5, 5.41) is 3.09. The van der Waals surface area contributed by atoms with Gasteiger partial charge in [-0.25, -0.2) is 0 Å². The minimum absolute atomic E-state index is 0.235. The largest absolute Gasteiger partial charge is 0.356 e. The number of rotatable bonds is 6. The molecule has 1 aliphatic carbocycles. The fourth-order valence-electron chi connectivity index (χ4n) is 2.42. The van der Waals surface area contributed by atoms with Gasteiger partial charge in [0.1, 0.15) is 0 Å². The van der Waals surface area contributed by atoms with Crippen molar-refractivity contribution in [2.24, 2.45) is 23.5 Å². The molecule has 100 valence electrons. The van der Waals surface area contributed by atoms with Crippen LogP contribution in [0.2, 0.25) is 0 Å². The van der Waals surface area contributed by atoms with E-state index in [-0.39, 0.29) is 11.8 Å². The van der Waals surface area contributed by atoms with Crippen molar-refractivity contribution in [2.75, 3.05) is 25.1 Å². The molecule has 1 rings (SSSR count). The van der Waals surface area contributed by atoms with E-state index in [0.29, 0.717) is 11.8 Å². The predicted octanol–water partition coefficient (Wildman–Crippen LogP) is 1.87. The highest BCUT2D eigenvalue weighted by Crippen LogP contribution is 2.28. The van der Waals surface area contributed by atoms with E-state index in [0.717, 1.165) is 44.5 Å². The summed E-state index contributed by atoms with van der Waals surface area (Å²) >= 11 is 1.84. The number of nitrogens with one attached hydrogen (secondary N) is 1. The third-order valence-electron chi connectivity index (χ3n) is 3.63. The van der Waals surface area contributed by atoms with Crippen molar-refractivity contribution in [2.45, 2.75) is 32.6 Å². The maximum Gasteiger partial charge on any atom is 0.223 e. The van der Waals surface area contributed by atoms with Gasteiger partial charge in [-0.2, -0.15) is 11.8 Å². The molecule has 0 aromatic heterocycles. The van der Waals surface area contributed by atoms with Gasteiger partial charge in [0, 0.05) is 12.5 Å². The van der Waals surface area contributed by atoms with E-state index in [9.17, 15) is 4.79 Å². The Labute approximate surface area is 109 Å². The van der Waals surface area contributed by atoms with E-state index >= 15 is 0 Å². The van der Waals surface area contributed by atoms with Gasteiger partial charge in [0.05, 0.1) is 0 Å². The summed E-state index contributed by atoms with van der Waals surface area (Å²) in [5.74, 6) is 2.82. The van der Waals surface area contributed by atoms with E-state index in [1.54, 1.807) is 0 Å². The van der Waals surface area contributed by atoms with Crippen LogP contribution in [0.3, 0.4) is 0 Å². The fraction of sp³-hybridized carbons (Fsp3) is 0.923. The highest BCUT2D eigenvalue weighted by molar-refractivity contribution is 7.98. The number of amides is 1. The Kier molecular flexibility index (Phi) is 6.97. The van der Waals surface area contributed by atoms with Crippen molar-refractivity contribution in [3.63, 3.8) is 0 Å². The van der Waals surface area contributed by atoms with Crippen molar-refractivity contribution in [1.29, 1.82) is 0 Å². The zero-order valence-corrected chi connectivity index (χ0v) is 11.9. The van der Waals surface area contributed by atoms with E-state index in [1.165, 1.54) is 0 Å². The lowest BCUT2D eigenvalue weighted by Crippen LogP contribution is -2.36. The van der Waals surface area contributed by atoms with Crippen LogP contribution < -0.4 is 11.1 Å². The summed E-state index contributed by atoms with van der Waals surface area (Å²) in [6.45, 7) is 3.78. The van der Waals surface area contributed by atoms with Crippen LogP contribution in [-0.2, 0) is 4.79 Å². The first-order chi connectivity index (χ1) is 8.17. The van der Waals surface area contributed by atoms with Gasteiger partial charge in [0.2, 0.25) is 5.91 Å². The molecule has 1 amide bonds. The summed E-state index contributed by atoms with van der Waals surface area (Å²) < 4.78 is 0. The molecule has 17 heavy (non-hydrogen) atoms. The second-order valence-corrected chi connectivity index (χ2v) is 6.17. The summed E-state index contributed by atoms with van der Waals surface area (Å²) in [6, 6.07) is 0. The number of hydrogen-bond acceptors (Lipinski definition) is 3. The van der Waals surface area contributed by atoms with Crippen LogP contribution in [0.5, 0.6) is 0 Å². The minimum atomic E-state index is 0.235. The smallest absolute Gasteiger partial charge is 0.223 e. The van der Waals surface area contributed by atoms with Gasteiger partial charge in [-0.3, -0.25) is 4.79 Å². The standard InChI is InChI=1S/C13H26N2OS/c1-10(9-17-2)8-15-13(16)12-5-3-11(7-14)4-6-12/h10-12H,3-9,14H2,1-2H3,(H,15,16). The molecule has 0 saturated heterocycles. The van der Waals surface area contributed by atoms with E-state index in [1.807, 2.05) is 11.8 Å². The molecule has 0 bridgehead atoms. The lowest BCUT2D eigenvalue weighted by Gasteiger charge is -2.27. The summed E-state index contributed by atoms with van der Waals surface area (Å²) in [6.07, 6.45) is 6.38. The van der Waals surface area contributed by atoms with Crippen LogP contribution in [0, 0.1) is 17.8 Å². The molecule has 1 saturated carbocycles. The second-order valence-electron chi connectivity index (χ2n) is 5.26. The molecule has 0 spiro atoms. The number of nitrogens with two attached hydrogens (primary N) is 1. The molecule has 3 N–H and O–H groups in total. The number of hydrogen-bond donors (Lipinski definition) is 2. The maximum atomic E-state index is 12.0. The molecule has 4 heteroatoms. The number of carbonyl (C=O) groups excluding carboxylic acids is 1. The number of carbonyl (C=O) groups is 1. The van der Waals surface area contributed by atoms with E-state index < -0.39 is 0 Å². The van der Waals surface area contributed by atoms with Crippen molar-refractivity contribution in [3.05, 3.63) is 0 Å². The second kappa shape index (κ2) is 7.98. The Hall–Kier alpha value is -0.220. The van der Waals surface area contributed by atoms with E-state index in [4.69, 9.17) is 5.73 Å². The number of thioether (sulfide) groups is 1. The van der Waals surface area contributed by atoms with Gasteiger partial charge < -0.3 is 11.1 Å². The molecule has 0 radical (unpaired) electrons. The van der Waals surface area contributed by atoms with Crippen molar-refractivity contribution >= 4 is 17.7 Å². The molecule has 1 unspecified atom stereocenters. The van der Waals surface area contributed by atoms with Gasteiger partial charge in [0.25, 0.3) is 0 Å². The average molecular weight is 258 g/mol. The van der Waals surface area contributed by atoms with Crippen LogP contribution in [-0.4, -0.2) is 31.0 Å². The van der Waals surface area contributed by atoms with Crippen molar-refractivity contribution in [1.82, 2.24) is 5.32 Å². The molecule has 3 nitrogen and oxygen atoms in total. The summed E-state index contributed by atoms with van der Waals surface area (Å²) in [7, 11) is 0. The summed E-state index contributed by atoms with van der Waals surface area (Å²) in [4.78, 5) is 12.0. The van der Waals surface area contributed by atoms with Gasteiger partial charge in [-0.15, -0.1) is 0 Å². The van der Waals surface area contributed by atoms with Crippen LogP contribution in [0.1, 0.15) is 32.6 Å². The first kappa shape index (κ1) is 14.8. The lowest BCUT2D eigenvalue weighted by atomic mass is 9.81. The molecule has 0 aliphatic heterocycles. The summed E-state index contributed by atoms with van der Waals surface area (Å²) in [5.41, 5.74) is 5.65. The molecule has 1 aliphatic rings. The molecular formula is C13H26N2OS. The van der Waals surface area contributed by atoms with Crippen LogP contribution in [0.25, 0.3) is 0 Å². The molecule has 0 aromatic carbocycles. The Morgan fingerprint density at radius 1 is 1.41 bits per heavy atom. The zero-order chi connectivity index (χ0) is 12.7. The predicted molar refractivity (Wildman–Crippen MR) is 75.1 cm³/mol. The van der Waals surface area contributed by atoms with Gasteiger partial charge >= 0.3 is 0 Å². The third-order valence-corrected chi connectivity index (χ3v) is 4.53. The van der Waals surface area contributed by atoms with Gasteiger partial charge in [-0.05, 0) is 56.1 Å². The third kappa shape index (κ3) is 5.30. The maximum absolute atomic E-state index is 12.0. The first-order valence-corrected chi connectivity index (χ1v) is 8.03. The normalized spacial score (nSPS) is 26.5. The topological polar surface area (TPSA) is 55.1 Å². The monoisotopic (exact) mass is 258 g/mol. The van der Waals surface area contributed by atoms with Crippen LogP contribution >= 0.6 is 11.8 Å². The molecular weight excluding hydrogens is 232 g/mol.